The second-order valence-electron chi connectivity index (χ2n) is 8.07. The molecule has 0 radical (unpaired) electrons. The minimum absolute atomic E-state index is 0.550. The molecule has 1 heterocycles. The smallest absolute Gasteiger partial charge is 0.0108 e. The van der Waals surface area contributed by atoms with Crippen molar-refractivity contribution >= 4 is 0 Å². The minimum atomic E-state index is 0.550. The average molecular weight is 280 g/mol. The highest BCUT2D eigenvalue weighted by Crippen LogP contribution is 2.39. The third-order valence-corrected chi connectivity index (χ3v) is 5.58. The number of likely N-dealkylation sites (tertiary alicyclic amines) is 1. The Morgan fingerprint density at radius 3 is 2.70 bits per heavy atom. The molecule has 3 unspecified atom stereocenters. The molecule has 0 spiro atoms. The Labute approximate surface area is 126 Å². The van der Waals surface area contributed by atoms with Crippen LogP contribution in [-0.4, -0.2) is 36.6 Å². The van der Waals surface area contributed by atoms with Crippen molar-refractivity contribution in [3.05, 3.63) is 0 Å². The predicted octanol–water partition coefficient (Wildman–Crippen LogP) is 4.06. The molecular formula is C18H36N2. The van der Waals surface area contributed by atoms with Gasteiger partial charge in [-0.3, -0.25) is 0 Å². The number of hydrogen-bond donors (Lipinski definition) is 1. The lowest BCUT2D eigenvalue weighted by atomic mass is 9.69. The van der Waals surface area contributed by atoms with Crippen molar-refractivity contribution in [3.8, 4) is 0 Å². The average Bonchev–Trinajstić information content (AvgIpc) is 2.40. The number of nitrogens with zero attached hydrogens (tertiary/aromatic N) is 1. The molecule has 1 saturated heterocycles. The van der Waals surface area contributed by atoms with Crippen molar-refractivity contribution in [2.24, 2.45) is 11.3 Å². The quantitative estimate of drug-likeness (QED) is 0.817. The number of rotatable bonds is 5. The molecule has 2 rings (SSSR count). The van der Waals surface area contributed by atoms with Gasteiger partial charge in [-0.25, -0.2) is 0 Å². The Balaban J connectivity index is 1.95. The second-order valence-corrected chi connectivity index (χ2v) is 8.07. The zero-order valence-electron chi connectivity index (χ0n) is 14.3. The first kappa shape index (κ1) is 16.3. The standard InChI is InChI=1S/C18H36N2/c1-5-11-19-17-9-10-18(3,4)13-16(17)14-20-12-7-6-8-15(20)2/h15-17,19H,5-14H2,1-4H3. The van der Waals surface area contributed by atoms with E-state index in [0.29, 0.717) is 5.41 Å². The van der Waals surface area contributed by atoms with Crippen LogP contribution in [0.5, 0.6) is 0 Å². The summed E-state index contributed by atoms with van der Waals surface area (Å²) in [6, 6.07) is 1.57. The van der Waals surface area contributed by atoms with E-state index in [-0.39, 0.29) is 0 Å². The molecule has 0 bridgehead atoms. The van der Waals surface area contributed by atoms with E-state index in [9.17, 15) is 0 Å². The molecule has 2 fully saturated rings. The summed E-state index contributed by atoms with van der Waals surface area (Å²) < 4.78 is 0. The van der Waals surface area contributed by atoms with Crippen LogP contribution >= 0.6 is 0 Å². The second kappa shape index (κ2) is 7.26. The maximum atomic E-state index is 3.84. The molecule has 0 aromatic carbocycles. The summed E-state index contributed by atoms with van der Waals surface area (Å²) in [6.07, 6.45) is 9.67. The number of nitrogens with one attached hydrogen (secondary N) is 1. The third kappa shape index (κ3) is 4.46. The topological polar surface area (TPSA) is 15.3 Å². The molecule has 2 aliphatic rings. The largest absolute Gasteiger partial charge is 0.314 e. The van der Waals surface area contributed by atoms with Gasteiger partial charge in [0.05, 0.1) is 0 Å². The van der Waals surface area contributed by atoms with Crippen LogP contribution in [0.2, 0.25) is 0 Å². The fourth-order valence-electron chi connectivity index (χ4n) is 4.26. The van der Waals surface area contributed by atoms with E-state index in [4.69, 9.17) is 0 Å². The van der Waals surface area contributed by atoms with E-state index < -0.39 is 0 Å². The molecule has 1 aliphatic carbocycles. The van der Waals surface area contributed by atoms with Gasteiger partial charge in [0.15, 0.2) is 0 Å². The monoisotopic (exact) mass is 280 g/mol. The lowest BCUT2D eigenvalue weighted by Gasteiger charge is -2.45. The van der Waals surface area contributed by atoms with Crippen molar-refractivity contribution in [3.63, 3.8) is 0 Å². The molecule has 1 aliphatic heterocycles. The van der Waals surface area contributed by atoms with E-state index in [2.05, 4.69) is 37.9 Å². The molecule has 0 aromatic heterocycles. The first-order valence-corrected chi connectivity index (χ1v) is 8.99. The molecule has 1 N–H and O–H groups in total. The van der Waals surface area contributed by atoms with E-state index in [0.717, 1.165) is 18.0 Å². The summed E-state index contributed by atoms with van der Waals surface area (Å²) in [4.78, 5) is 2.77. The van der Waals surface area contributed by atoms with Gasteiger partial charge in [-0.2, -0.15) is 0 Å². The Kier molecular flexibility index (Phi) is 5.92. The fourth-order valence-corrected chi connectivity index (χ4v) is 4.26. The fraction of sp³-hybridized carbons (Fsp3) is 1.00. The SMILES string of the molecule is CCCNC1CCC(C)(C)CC1CN1CCCCC1C. The van der Waals surface area contributed by atoms with Crippen LogP contribution < -0.4 is 5.32 Å². The van der Waals surface area contributed by atoms with Gasteiger partial charge in [-0.05, 0) is 69.9 Å². The predicted molar refractivity (Wildman–Crippen MR) is 88.1 cm³/mol. The number of piperidine rings is 1. The first-order chi connectivity index (χ1) is 9.52. The molecule has 1 saturated carbocycles. The summed E-state index contributed by atoms with van der Waals surface area (Å²) in [7, 11) is 0. The van der Waals surface area contributed by atoms with Gasteiger partial charge in [0, 0.05) is 18.6 Å². The normalized spacial score (nSPS) is 35.1. The molecule has 20 heavy (non-hydrogen) atoms. The van der Waals surface area contributed by atoms with Crippen molar-refractivity contribution in [1.29, 1.82) is 0 Å². The van der Waals surface area contributed by atoms with Crippen molar-refractivity contribution < 1.29 is 0 Å². The van der Waals surface area contributed by atoms with Crippen LogP contribution in [0.4, 0.5) is 0 Å². The van der Waals surface area contributed by atoms with Crippen LogP contribution in [0.15, 0.2) is 0 Å². The zero-order chi connectivity index (χ0) is 14.6. The summed E-state index contributed by atoms with van der Waals surface area (Å²) in [5, 5.41) is 3.84. The molecule has 2 heteroatoms. The summed E-state index contributed by atoms with van der Waals surface area (Å²) in [5.74, 6) is 0.853. The Hall–Kier alpha value is -0.0800. The molecule has 2 nitrogen and oxygen atoms in total. The van der Waals surface area contributed by atoms with Crippen LogP contribution in [0.25, 0.3) is 0 Å². The van der Waals surface area contributed by atoms with E-state index in [1.807, 2.05) is 0 Å². The van der Waals surface area contributed by atoms with Crippen LogP contribution in [-0.2, 0) is 0 Å². The summed E-state index contributed by atoms with van der Waals surface area (Å²) in [5.41, 5.74) is 0.550. The third-order valence-electron chi connectivity index (χ3n) is 5.58. The van der Waals surface area contributed by atoms with Crippen molar-refractivity contribution in [2.75, 3.05) is 19.6 Å². The highest BCUT2D eigenvalue weighted by molar-refractivity contribution is 4.91. The van der Waals surface area contributed by atoms with Gasteiger partial charge >= 0.3 is 0 Å². The van der Waals surface area contributed by atoms with E-state index in [1.165, 1.54) is 64.6 Å². The van der Waals surface area contributed by atoms with E-state index in [1.54, 1.807) is 0 Å². The van der Waals surface area contributed by atoms with Crippen molar-refractivity contribution in [1.82, 2.24) is 10.2 Å². The Morgan fingerprint density at radius 1 is 1.20 bits per heavy atom. The summed E-state index contributed by atoms with van der Waals surface area (Å²) in [6.45, 7) is 13.5. The highest BCUT2D eigenvalue weighted by atomic mass is 15.2. The van der Waals surface area contributed by atoms with Crippen LogP contribution in [0.3, 0.4) is 0 Å². The lowest BCUT2D eigenvalue weighted by molar-refractivity contribution is 0.0703. The maximum Gasteiger partial charge on any atom is 0.0108 e. The van der Waals surface area contributed by atoms with Gasteiger partial charge in [-0.1, -0.05) is 27.2 Å². The van der Waals surface area contributed by atoms with Gasteiger partial charge in [0.1, 0.15) is 0 Å². The maximum absolute atomic E-state index is 3.84. The van der Waals surface area contributed by atoms with Gasteiger partial charge in [0.25, 0.3) is 0 Å². The number of hydrogen-bond acceptors (Lipinski definition) is 2. The Morgan fingerprint density at radius 2 is 2.00 bits per heavy atom. The molecular weight excluding hydrogens is 244 g/mol. The zero-order valence-corrected chi connectivity index (χ0v) is 14.3. The minimum Gasteiger partial charge on any atom is -0.314 e. The van der Waals surface area contributed by atoms with Crippen LogP contribution in [0.1, 0.15) is 72.6 Å². The molecule has 118 valence electrons. The molecule has 0 amide bonds. The van der Waals surface area contributed by atoms with Gasteiger partial charge in [0.2, 0.25) is 0 Å². The van der Waals surface area contributed by atoms with Crippen LogP contribution in [0, 0.1) is 11.3 Å². The molecule has 3 atom stereocenters. The van der Waals surface area contributed by atoms with Gasteiger partial charge < -0.3 is 10.2 Å². The van der Waals surface area contributed by atoms with Crippen molar-refractivity contribution in [2.45, 2.75) is 84.7 Å². The van der Waals surface area contributed by atoms with E-state index >= 15 is 0 Å². The summed E-state index contributed by atoms with van der Waals surface area (Å²) >= 11 is 0. The van der Waals surface area contributed by atoms with Gasteiger partial charge in [-0.15, -0.1) is 0 Å². The lowest BCUT2D eigenvalue weighted by Crippen LogP contribution is -2.50. The Bertz CT molecular complexity index is 287. The first-order valence-electron chi connectivity index (χ1n) is 8.99. The molecule has 0 aromatic rings. The highest BCUT2D eigenvalue weighted by Gasteiger charge is 2.36.